The Morgan fingerprint density at radius 3 is 2.82 bits per heavy atom. The number of rotatable bonds is 4. The summed E-state index contributed by atoms with van der Waals surface area (Å²) in [6, 6.07) is 4.14. The molecule has 1 aliphatic heterocycles. The fourth-order valence-electron chi connectivity index (χ4n) is 2.14. The van der Waals surface area contributed by atoms with Crippen LogP contribution in [0.4, 0.5) is 0 Å². The van der Waals surface area contributed by atoms with Gasteiger partial charge in [0.1, 0.15) is 0 Å². The van der Waals surface area contributed by atoms with Crippen molar-refractivity contribution in [3.05, 3.63) is 30.1 Å². The lowest BCUT2D eigenvalue weighted by atomic mass is 10.1. The molecule has 0 bridgehead atoms. The number of pyridine rings is 1. The topological polar surface area (TPSA) is 42.1 Å². The van der Waals surface area contributed by atoms with Gasteiger partial charge in [-0.2, -0.15) is 0 Å². The summed E-state index contributed by atoms with van der Waals surface area (Å²) in [6.07, 6.45) is 6.15. The number of halogens is 2. The number of hydrogen-bond acceptors (Lipinski definition) is 3. The highest BCUT2D eigenvalue weighted by Crippen LogP contribution is 2.14. The maximum absolute atomic E-state index is 5.67. The van der Waals surface area contributed by atoms with E-state index in [4.69, 9.17) is 5.73 Å². The van der Waals surface area contributed by atoms with Gasteiger partial charge in [0.25, 0.3) is 0 Å². The summed E-state index contributed by atoms with van der Waals surface area (Å²) < 4.78 is 0. The van der Waals surface area contributed by atoms with Gasteiger partial charge in [0, 0.05) is 25.5 Å². The van der Waals surface area contributed by atoms with E-state index in [1.165, 1.54) is 25.1 Å². The van der Waals surface area contributed by atoms with Gasteiger partial charge in [-0.25, -0.2) is 0 Å². The average molecular weight is 278 g/mol. The normalized spacial score (nSPS) is 19.5. The molecule has 0 spiro atoms. The molecule has 0 amide bonds. The lowest BCUT2D eigenvalue weighted by molar-refractivity contribution is 0.329. The first-order chi connectivity index (χ1) is 7.38. The summed E-state index contributed by atoms with van der Waals surface area (Å²) in [5.41, 5.74) is 6.99. The van der Waals surface area contributed by atoms with Crippen molar-refractivity contribution < 1.29 is 0 Å². The molecule has 17 heavy (non-hydrogen) atoms. The van der Waals surface area contributed by atoms with Crippen LogP contribution in [0, 0.1) is 5.92 Å². The zero-order valence-electron chi connectivity index (χ0n) is 9.92. The molecule has 1 saturated heterocycles. The van der Waals surface area contributed by atoms with Crippen LogP contribution >= 0.6 is 24.8 Å². The third kappa shape index (κ3) is 5.21. The first-order valence-corrected chi connectivity index (χ1v) is 5.70. The molecule has 0 aliphatic carbocycles. The van der Waals surface area contributed by atoms with Gasteiger partial charge in [0.2, 0.25) is 0 Å². The van der Waals surface area contributed by atoms with Gasteiger partial charge in [0.15, 0.2) is 0 Å². The van der Waals surface area contributed by atoms with Crippen molar-refractivity contribution >= 4 is 24.8 Å². The standard InChI is InChI=1S/C12H19N3.2ClH/c13-8-12-4-7-15(10-12)6-3-11-2-1-5-14-9-11;;/h1-2,5,9,12H,3-4,6-8,10,13H2;2*1H. The Morgan fingerprint density at radius 2 is 2.24 bits per heavy atom. The van der Waals surface area contributed by atoms with Crippen molar-refractivity contribution in [3.8, 4) is 0 Å². The molecule has 1 aliphatic rings. The van der Waals surface area contributed by atoms with Crippen molar-refractivity contribution in [2.75, 3.05) is 26.2 Å². The average Bonchev–Trinajstić information content (AvgIpc) is 2.76. The van der Waals surface area contributed by atoms with E-state index in [0.717, 1.165) is 25.4 Å². The van der Waals surface area contributed by atoms with Crippen LogP contribution in [0.25, 0.3) is 0 Å². The largest absolute Gasteiger partial charge is 0.330 e. The Hall–Kier alpha value is -0.350. The molecular weight excluding hydrogens is 257 g/mol. The molecule has 0 radical (unpaired) electrons. The fourth-order valence-corrected chi connectivity index (χ4v) is 2.14. The second kappa shape index (κ2) is 8.70. The molecule has 0 saturated carbocycles. The zero-order valence-corrected chi connectivity index (χ0v) is 11.6. The van der Waals surface area contributed by atoms with Crippen molar-refractivity contribution in [1.82, 2.24) is 9.88 Å². The molecule has 3 nitrogen and oxygen atoms in total. The number of hydrogen-bond donors (Lipinski definition) is 1. The zero-order chi connectivity index (χ0) is 10.5. The SMILES string of the molecule is Cl.Cl.NCC1CCN(CCc2cccnc2)C1. The highest BCUT2D eigenvalue weighted by molar-refractivity contribution is 5.85. The molecule has 1 fully saturated rings. The molecule has 1 unspecified atom stereocenters. The highest BCUT2D eigenvalue weighted by Gasteiger charge is 2.20. The maximum Gasteiger partial charge on any atom is 0.0300 e. The minimum atomic E-state index is 0. The van der Waals surface area contributed by atoms with E-state index in [2.05, 4.69) is 16.0 Å². The lowest BCUT2D eigenvalue weighted by Gasteiger charge is -2.15. The highest BCUT2D eigenvalue weighted by atomic mass is 35.5. The van der Waals surface area contributed by atoms with Gasteiger partial charge in [-0.1, -0.05) is 6.07 Å². The molecule has 98 valence electrons. The monoisotopic (exact) mass is 277 g/mol. The van der Waals surface area contributed by atoms with Crippen LogP contribution in [0.3, 0.4) is 0 Å². The van der Waals surface area contributed by atoms with E-state index in [-0.39, 0.29) is 24.8 Å². The van der Waals surface area contributed by atoms with E-state index >= 15 is 0 Å². The number of nitrogens with two attached hydrogens (primary N) is 1. The second-order valence-corrected chi connectivity index (χ2v) is 4.30. The molecule has 1 atom stereocenters. The number of aromatic nitrogens is 1. The smallest absolute Gasteiger partial charge is 0.0300 e. The lowest BCUT2D eigenvalue weighted by Crippen LogP contribution is -2.25. The Labute approximate surface area is 116 Å². The maximum atomic E-state index is 5.67. The minimum Gasteiger partial charge on any atom is -0.330 e. The van der Waals surface area contributed by atoms with Crippen LogP contribution in [0.1, 0.15) is 12.0 Å². The molecule has 1 aromatic rings. The van der Waals surface area contributed by atoms with Gasteiger partial charge in [-0.3, -0.25) is 4.98 Å². The Morgan fingerprint density at radius 1 is 1.41 bits per heavy atom. The van der Waals surface area contributed by atoms with Gasteiger partial charge in [-0.15, -0.1) is 24.8 Å². The summed E-state index contributed by atoms with van der Waals surface area (Å²) in [4.78, 5) is 6.63. The van der Waals surface area contributed by atoms with Crippen LogP contribution in [-0.2, 0) is 6.42 Å². The summed E-state index contributed by atoms with van der Waals surface area (Å²) in [7, 11) is 0. The Kier molecular flexibility index (Phi) is 8.52. The van der Waals surface area contributed by atoms with Crippen molar-refractivity contribution in [3.63, 3.8) is 0 Å². The van der Waals surface area contributed by atoms with Gasteiger partial charge < -0.3 is 10.6 Å². The van der Waals surface area contributed by atoms with Gasteiger partial charge in [-0.05, 0) is 43.5 Å². The molecule has 2 rings (SSSR count). The van der Waals surface area contributed by atoms with Crippen molar-refractivity contribution in [2.24, 2.45) is 11.7 Å². The number of nitrogens with zero attached hydrogens (tertiary/aromatic N) is 2. The van der Waals surface area contributed by atoms with Gasteiger partial charge in [0.05, 0.1) is 0 Å². The van der Waals surface area contributed by atoms with E-state index in [0.29, 0.717) is 0 Å². The summed E-state index contributed by atoms with van der Waals surface area (Å²) >= 11 is 0. The van der Waals surface area contributed by atoms with Gasteiger partial charge >= 0.3 is 0 Å². The summed E-state index contributed by atoms with van der Waals surface area (Å²) in [5, 5.41) is 0. The van der Waals surface area contributed by atoms with Crippen LogP contribution < -0.4 is 5.73 Å². The quantitative estimate of drug-likeness (QED) is 0.912. The van der Waals surface area contributed by atoms with Crippen molar-refractivity contribution in [1.29, 1.82) is 0 Å². The van der Waals surface area contributed by atoms with Crippen LogP contribution in [0.15, 0.2) is 24.5 Å². The third-order valence-corrected chi connectivity index (χ3v) is 3.14. The predicted octanol–water partition coefficient (Wildman–Crippen LogP) is 1.75. The van der Waals surface area contributed by atoms with E-state index in [1.54, 1.807) is 0 Å². The Balaban J connectivity index is 0.00000128. The first-order valence-electron chi connectivity index (χ1n) is 5.70. The Bertz CT molecular complexity index is 295. The molecule has 1 aromatic heterocycles. The molecule has 2 N–H and O–H groups in total. The first kappa shape index (κ1) is 16.6. The summed E-state index contributed by atoms with van der Waals surface area (Å²) in [6.45, 7) is 4.37. The molecular formula is C12H21Cl2N3. The molecule has 2 heterocycles. The molecule has 5 heteroatoms. The molecule has 0 aromatic carbocycles. The number of likely N-dealkylation sites (tertiary alicyclic amines) is 1. The predicted molar refractivity (Wildman–Crippen MR) is 76.0 cm³/mol. The van der Waals surface area contributed by atoms with Crippen LogP contribution in [-0.4, -0.2) is 36.1 Å². The summed E-state index contributed by atoms with van der Waals surface area (Å²) in [5.74, 6) is 0.721. The third-order valence-electron chi connectivity index (χ3n) is 3.14. The van der Waals surface area contributed by atoms with E-state index in [9.17, 15) is 0 Å². The fraction of sp³-hybridized carbons (Fsp3) is 0.583. The van der Waals surface area contributed by atoms with E-state index in [1.807, 2.05) is 18.5 Å². The van der Waals surface area contributed by atoms with Crippen LogP contribution in [0.2, 0.25) is 0 Å². The van der Waals surface area contributed by atoms with Crippen LogP contribution in [0.5, 0.6) is 0 Å². The van der Waals surface area contributed by atoms with Crippen molar-refractivity contribution in [2.45, 2.75) is 12.8 Å². The minimum absolute atomic E-state index is 0. The van der Waals surface area contributed by atoms with E-state index < -0.39 is 0 Å². The second-order valence-electron chi connectivity index (χ2n) is 4.30.